The number of rotatable bonds is 11. The number of imidazole rings is 1. The van der Waals surface area contributed by atoms with Gasteiger partial charge in [-0.1, -0.05) is 27.2 Å². The lowest BCUT2D eigenvalue weighted by Crippen LogP contribution is -2.17. The van der Waals surface area contributed by atoms with Gasteiger partial charge in [0.05, 0.1) is 25.6 Å². The minimum Gasteiger partial charge on any atom is -0.368 e. The molecule has 1 aliphatic rings. The van der Waals surface area contributed by atoms with Gasteiger partial charge in [-0.25, -0.2) is 9.55 Å². The predicted molar refractivity (Wildman–Crippen MR) is 113 cm³/mol. The molecule has 1 aliphatic heterocycles. The van der Waals surface area contributed by atoms with E-state index < -0.39 is 7.82 Å². The molecule has 4 unspecified atom stereocenters. The van der Waals surface area contributed by atoms with E-state index in [2.05, 4.69) is 27.2 Å². The van der Waals surface area contributed by atoms with Gasteiger partial charge in [-0.2, -0.15) is 9.97 Å². The zero-order chi connectivity index (χ0) is 21.7. The Kier molecular flexibility index (Phi) is 7.65. The standard InChI is InChI=1S/C18H31N6O5P/c1-4-6-8-27-30(25,26)28-10-13-9-12(3)17(29-13)24-11-21-14-15(20-7-5-2)22-18(19)23-16(14)24/h11-13,17H,4-10H2,1-3H3,(H,25,26)(H3,19,20,22,23). The van der Waals surface area contributed by atoms with Gasteiger partial charge < -0.3 is 20.7 Å². The number of nitrogens with zero attached hydrogens (tertiary/aromatic N) is 4. The number of phosphoric ester groups is 1. The second kappa shape index (κ2) is 10.0. The van der Waals surface area contributed by atoms with Crippen molar-refractivity contribution in [1.29, 1.82) is 0 Å². The molecular formula is C18H31N6O5P. The molecule has 2 aromatic heterocycles. The summed E-state index contributed by atoms with van der Waals surface area (Å²) in [5.41, 5.74) is 7.10. The molecule has 0 spiro atoms. The van der Waals surface area contributed by atoms with Crippen LogP contribution in [0.2, 0.25) is 0 Å². The number of unbranched alkanes of at least 4 members (excludes halogenated alkanes) is 1. The first-order valence-electron chi connectivity index (χ1n) is 10.4. The number of hydrogen-bond acceptors (Lipinski definition) is 9. The lowest BCUT2D eigenvalue weighted by molar-refractivity contribution is -0.0305. The monoisotopic (exact) mass is 442 g/mol. The zero-order valence-corrected chi connectivity index (χ0v) is 18.5. The van der Waals surface area contributed by atoms with Crippen molar-refractivity contribution in [3.05, 3.63) is 6.33 Å². The third-order valence-corrected chi connectivity index (χ3v) is 5.87. The molecule has 4 atom stereocenters. The Morgan fingerprint density at radius 2 is 2.17 bits per heavy atom. The molecule has 0 aliphatic carbocycles. The van der Waals surface area contributed by atoms with Gasteiger partial charge in [0.15, 0.2) is 17.0 Å². The second-order valence-corrected chi connectivity index (χ2v) is 8.95. The lowest BCUT2D eigenvalue weighted by atomic mass is 10.1. The van der Waals surface area contributed by atoms with E-state index in [0.717, 1.165) is 19.4 Å². The number of fused-ring (bicyclic) bond motifs is 1. The van der Waals surface area contributed by atoms with Crippen molar-refractivity contribution in [1.82, 2.24) is 19.5 Å². The van der Waals surface area contributed by atoms with Gasteiger partial charge in [0, 0.05) is 12.5 Å². The maximum Gasteiger partial charge on any atom is 0.472 e. The third-order valence-electron chi connectivity index (χ3n) is 4.88. The summed E-state index contributed by atoms with van der Waals surface area (Å²) in [6.45, 7) is 6.97. The minimum atomic E-state index is -4.08. The molecule has 12 heteroatoms. The number of anilines is 2. The summed E-state index contributed by atoms with van der Waals surface area (Å²) in [4.78, 5) is 22.8. The van der Waals surface area contributed by atoms with E-state index in [1.54, 1.807) is 6.33 Å². The summed E-state index contributed by atoms with van der Waals surface area (Å²) in [6, 6.07) is 0. The van der Waals surface area contributed by atoms with Gasteiger partial charge >= 0.3 is 7.82 Å². The molecule has 4 N–H and O–H groups in total. The van der Waals surface area contributed by atoms with E-state index in [-0.39, 0.29) is 37.4 Å². The van der Waals surface area contributed by atoms with Crippen LogP contribution in [0.3, 0.4) is 0 Å². The van der Waals surface area contributed by atoms with Crippen molar-refractivity contribution in [3.8, 4) is 0 Å². The van der Waals surface area contributed by atoms with E-state index in [0.29, 0.717) is 29.8 Å². The Morgan fingerprint density at radius 1 is 1.37 bits per heavy atom. The maximum atomic E-state index is 12.0. The first-order valence-corrected chi connectivity index (χ1v) is 11.9. The topological polar surface area (TPSA) is 147 Å². The van der Waals surface area contributed by atoms with E-state index in [1.807, 2.05) is 18.4 Å². The number of ether oxygens (including phenoxy) is 1. The summed E-state index contributed by atoms with van der Waals surface area (Å²) in [5.74, 6) is 0.853. The van der Waals surface area contributed by atoms with Crippen LogP contribution in [0.25, 0.3) is 11.2 Å². The molecule has 0 aromatic carbocycles. The SMILES string of the molecule is CCCCOP(=O)(O)OCC1CC(C)C(n2cnc3c(NCCC)nc(N)nc32)O1. The number of nitrogens with one attached hydrogen (secondary N) is 1. The predicted octanol–water partition coefficient (Wildman–Crippen LogP) is 3.09. The normalized spacial score (nSPS) is 23.7. The Balaban J connectivity index is 1.69. The molecule has 0 saturated carbocycles. The van der Waals surface area contributed by atoms with Crippen LogP contribution in [-0.2, 0) is 18.3 Å². The summed E-state index contributed by atoms with van der Waals surface area (Å²) in [6.07, 6.45) is 4.11. The Hall–Kier alpha value is -1.78. The first-order chi connectivity index (χ1) is 14.3. The quantitative estimate of drug-likeness (QED) is 0.350. The maximum absolute atomic E-state index is 12.0. The van der Waals surface area contributed by atoms with Gasteiger partial charge in [0.25, 0.3) is 0 Å². The van der Waals surface area contributed by atoms with Crippen molar-refractivity contribution in [2.24, 2.45) is 5.92 Å². The molecule has 1 fully saturated rings. The van der Waals surface area contributed by atoms with Crippen molar-refractivity contribution >= 4 is 30.8 Å². The molecule has 3 heterocycles. The lowest BCUT2D eigenvalue weighted by Gasteiger charge is -2.18. The van der Waals surface area contributed by atoms with Crippen LogP contribution in [0.1, 0.15) is 52.7 Å². The number of phosphoric acid groups is 1. The summed E-state index contributed by atoms with van der Waals surface area (Å²) >= 11 is 0. The van der Waals surface area contributed by atoms with Crippen molar-refractivity contribution in [2.45, 2.75) is 58.8 Å². The van der Waals surface area contributed by atoms with E-state index in [9.17, 15) is 9.46 Å². The van der Waals surface area contributed by atoms with Gasteiger partial charge in [-0.15, -0.1) is 0 Å². The van der Waals surface area contributed by atoms with E-state index in [4.69, 9.17) is 19.5 Å². The molecule has 11 nitrogen and oxygen atoms in total. The van der Waals surface area contributed by atoms with Crippen LogP contribution in [-0.4, -0.2) is 50.3 Å². The third kappa shape index (κ3) is 5.47. The Bertz CT molecular complexity index is 893. The molecule has 168 valence electrons. The summed E-state index contributed by atoms with van der Waals surface area (Å²) in [5, 5.41) is 3.22. The largest absolute Gasteiger partial charge is 0.472 e. The molecule has 3 rings (SSSR count). The number of aromatic nitrogens is 4. The number of nitrogen functional groups attached to an aromatic ring is 1. The van der Waals surface area contributed by atoms with Gasteiger partial charge in [0.1, 0.15) is 6.23 Å². The van der Waals surface area contributed by atoms with Gasteiger partial charge in [-0.05, 0) is 19.3 Å². The fraction of sp³-hybridized carbons (Fsp3) is 0.722. The molecule has 0 amide bonds. The number of nitrogens with two attached hydrogens (primary N) is 1. The molecule has 1 saturated heterocycles. The van der Waals surface area contributed by atoms with E-state index >= 15 is 0 Å². The van der Waals surface area contributed by atoms with Crippen molar-refractivity contribution < 1.29 is 23.2 Å². The highest BCUT2D eigenvalue weighted by Gasteiger charge is 2.36. The Labute approximate surface area is 176 Å². The van der Waals surface area contributed by atoms with Crippen LogP contribution in [0.4, 0.5) is 11.8 Å². The summed E-state index contributed by atoms with van der Waals surface area (Å²) in [7, 11) is -4.08. The Morgan fingerprint density at radius 3 is 2.90 bits per heavy atom. The highest BCUT2D eigenvalue weighted by Crippen LogP contribution is 2.45. The first kappa shape index (κ1) is 22.9. The van der Waals surface area contributed by atoms with Crippen molar-refractivity contribution in [2.75, 3.05) is 30.8 Å². The summed E-state index contributed by atoms with van der Waals surface area (Å²) < 4.78 is 30.0. The highest BCUT2D eigenvalue weighted by molar-refractivity contribution is 7.47. The van der Waals surface area contributed by atoms with Crippen molar-refractivity contribution in [3.63, 3.8) is 0 Å². The zero-order valence-electron chi connectivity index (χ0n) is 17.7. The minimum absolute atomic E-state index is 0.0339. The molecule has 0 radical (unpaired) electrons. The van der Waals surface area contributed by atoms with Crippen LogP contribution >= 0.6 is 7.82 Å². The molecule has 2 aromatic rings. The van der Waals surface area contributed by atoms with E-state index in [1.165, 1.54) is 0 Å². The van der Waals surface area contributed by atoms with Crippen LogP contribution in [0.5, 0.6) is 0 Å². The fourth-order valence-electron chi connectivity index (χ4n) is 3.39. The number of hydrogen-bond donors (Lipinski definition) is 3. The smallest absolute Gasteiger partial charge is 0.368 e. The van der Waals surface area contributed by atoms with Crippen LogP contribution in [0.15, 0.2) is 6.33 Å². The molecular weight excluding hydrogens is 411 g/mol. The fourth-order valence-corrected chi connectivity index (χ4v) is 4.18. The average molecular weight is 442 g/mol. The second-order valence-electron chi connectivity index (χ2n) is 7.49. The van der Waals surface area contributed by atoms with Gasteiger partial charge in [0.2, 0.25) is 5.95 Å². The van der Waals surface area contributed by atoms with Crippen LogP contribution < -0.4 is 11.1 Å². The van der Waals surface area contributed by atoms with Gasteiger partial charge in [-0.3, -0.25) is 13.6 Å². The molecule has 30 heavy (non-hydrogen) atoms. The highest BCUT2D eigenvalue weighted by atomic mass is 31.2. The average Bonchev–Trinajstić information content (AvgIpc) is 3.27. The van der Waals surface area contributed by atoms with Crippen LogP contribution in [0, 0.1) is 5.92 Å². The molecule has 0 bridgehead atoms.